The minimum atomic E-state index is -0.291. The van der Waals surface area contributed by atoms with E-state index < -0.39 is 0 Å². The van der Waals surface area contributed by atoms with Crippen molar-refractivity contribution in [3.63, 3.8) is 0 Å². The molecule has 0 saturated carbocycles. The average Bonchev–Trinajstić information content (AvgIpc) is 2.36. The highest BCUT2D eigenvalue weighted by Gasteiger charge is 2.12. The van der Waals surface area contributed by atoms with E-state index >= 15 is 0 Å². The van der Waals surface area contributed by atoms with E-state index in [0.29, 0.717) is 27.0 Å². The zero-order valence-corrected chi connectivity index (χ0v) is 13.6. The molecule has 2 rings (SSSR count). The first-order chi connectivity index (χ1) is 9.38. The number of nitrogens with one attached hydrogen (secondary N) is 1. The smallest absolute Gasteiger partial charge is 0.255 e. The number of nitrogens with two attached hydrogens (primary N) is 1. The van der Waals surface area contributed by atoms with Crippen molar-refractivity contribution in [2.75, 3.05) is 11.1 Å². The number of carbonyl (C=O) groups excluding carboxylic acids is 1. The molecule has 0 saturated heterocycles. The molecule has 0 aliphatic heterocycles. The van der Waals surface area contributed by atoms with E-state index in [0.717, 1.165) is 10.0 Å². The Balaban J connectivity index is 2.30. The Morgan fingerprint density at radius 2 is 1.90 bits per heavy atom. The highest BCUT2D eigenvalue weighted by Crippen LogP contribution is 2.29. The van der Waals surface area contributed by atoms with Crippen molar-refractivity contribution >= 4 is 56.4 Å². The SMILES string of the molecule is Cc1cc(Br)cc(N)c1NC(=O)c1ccc(Cl)c(Cl)c1. The maximum atomic E-state index is 12.2. The molecule has 0 fully saturated rings. The summed E-state index contributed by atoms with van der Waals surface area (Å²) in [4.78, 5) is 12.2. The molecule has 0 heterocycles. The summed E-state index contributed by atoms with van der Waals surface area (Å²) in [5.41, 5.74) is 8.27. The van der Waals surface area contributed by atoms with Crippen LogP contribution in [-0.2, 0) is 0 Å². The molecule has 6 heteroatoms. The summed E-state index contributed by atoms with van der Waals surface area (Å²) in [6, 6.07) is 8.31. The number of rotatable bonds is 2. The number of amides is 1. The number of hydrogen-bond donors (Lipinski definition) is 2. The van der Waals surface area contributed by atoms with Gasteiger partial charge in [-0.1, -0.05) is 39.1 Å². The minimum Gasteiger partial charge on any atom is -0.397 e. The number of hydrogen-bond acceptors (Lipinski definition) is 2. The van der Waals surface area contributed by atoms with Crippen LogP contribution in [0.2, 0.25) is 10.0 Å². The molecule has 0 aliphatic carbocycles. The van der Waals surface area contributed by atoms with Crippen LogP contribution >= 0.6 is 39.1 Å². The van der Waals surface area contributed by atoms with E-state index in [1.165, 1.54) is 6.07 Å². The van der Waals surface area contributed by atoms with Crippen LogP contribution in [0.1, 0.15) is 15.9 Å². The number of aryl methyl sites for hydroxylation is 1. The van der Waals surface area contributed by atoms with Crippen LogP contribution in [0, 0.1) is 6.92 Å². The lowest BCUT2D eigenvalue weighted by Crippen LogP contribution is -2.14. The predicted molar refractivity (Wildman–Crippen MR) is 87.7 cm³/mol. The van der Waals surface area contributed by atoms with Gasteiger partial charge in [0.2, 0.25) is 0 Å². The van der Waals surface area contributed by atoms with Gasteiger partial charge in [0.15, 0.2) is 0 Å². The van der Waals surface area contributed by atoms with Crippen LogP contribution < -0.4 is 11.1 Å². The Morgan fingerprint density at radius 1 is 1.20 bits per heavy atom. The van der Waals surface area contributed by atoms with Gasteiger partial charge in [-0.2, -0.15) is 0 Å². The monoisotopic (exact) mass is 372 g/mol. The Kier molecular flexibility index (Phi) is 4.58. The zero-order valence-electron chi connectivity index (χ0n) is 10.5. The largest absolute Gasteiger partial charge is 0.397 e. The molecule has 0 atom stereocenters. The van der Waals surface area contributed by atoms with Crippen LogP contribution in [0.3, 0.4) is 0 Å². The van der Waals surface area contributed by atoms with Gasteiger partial charge in [-0.15, -0.1) is 0 Å². The molecule has 2 aromatic carbocycles. The minimum absolute atomic E-state index is 0.291. The topological polar surface area (TPSA) is 55.1 Å². The van der Waals surface area contributed by atoms with Gasteiger partial charge < -0.3 is 11.1 Å². The Labute approximate surface area is 135 Å². The first-order valence-corrected chi connectivity index (χ1v) is 7.25. The van der Waals surface area contributed by atoms with Crippen LogP contribution in [0.4, 0.5) is 11.4 Å². The van der Waals surface area contributed by atoms with Crippen LogP contribution in [-0.4, -0.2) is 5.91 Å². The normalized spacial score (nSPS) is 10.4. The van der Waals surface area contributed by atoms with Crippen LogP contribution in [0.15, 0.2) is 34.8 Å². The molecule has 0 spiro atoms. The lowest BCUT2D eigenvalue weighted by atomic mass is 10.1. The lowest BCUT2D eigenvalue weighted by molar-refractivity contribution is 0.102. The molecule has 3 nitrogen and oxygen atoms in total. The fourth-order valence-electron chi connectivity index (χ4n) is 1.76. The highest BCUT2D eigenvalue weighted by atomic mass is 79.9. The highest BCUT2D eigenvalue weighted by molar-refractivity contribution is 9.10. The van der Waals surface area contributed by atoms with Gasteiger partial charge in [0.1, 0.15) is 0 Å². The van der Waals surface area contributed by atoms with Crippen LogP contribution in [0.25, 0.3) is 0 Å². The van der Waals surface area contributed by atoms with E-state index in [1.54, 1.807) is 18.2 Å². The number of halogens is 3. The lowest BCUT2D eigenvalue weighted by Gasteiger charge is -2.12. The summed E-state index contributed by atoms with van der Waals surface area (Å²) in [6.07, 6.45) is 0. The molecule has 20 heavy (non-hydrogen) atoms. The first kappa shape index (κ1) is 15.2. The summed E-state index contributed by atoms with van der Waals surface area (Å²) in [5, 5.41) is 3.52. The summed E-state index contributed by atoms with van der Waals surface area (Å²) in [6.45, 7) is 1.87. The number of nitrogen functional groups attached to an aromatic ring is 1. The Hall–Kier alpha value is -1.23. The van der Waals surface area contributed by atoms with E-state index in [2.05, 4.69) is 21.2 Å². The van der Waals surface area contributed by atoms with E-state index in [1.807, 2.05) is 13.0 Å². The van der Waals surface area contributed by atoms with Crippen molar-refractivity contribution in [2.24, 2.45) is 0 Å². The molecule has 0 unspecified atom stereocenters. The maximum Gasteiger partial charge on any atom is 0.255 e. The van der Waals surface area contributed by atoms with E-state index in [9.17, 15) is 4.79 Å². The van der Waals surface area contributed by atoms with Crippen molar-refractivity contribution < 1.29 is 4.79 Å². The Morgan fingerprint density at radius 3 is 2.50 bits per heavy atom. The summed E-state index contributed by atoms with van der Waals surface area (Å²) < 4.78 is 0.861. The van der Waals surface area contributed by atoms with E-state index in [-0.39, 0.29) is 5.91 Å². The molecule has 0 aliphatic rings. The number of carbonyl (C=O) groups is 1. The van der Waals surface area contributed by atoms with Gasteiger partial charge in [0.05, 0.1) is 21.4 Å². The second kappa shape index (κ2) is 6.04. The quantitative estimate of drug-likeness (QED) is 0.735. The molecule has 0 bridgehead atoms. The third-order valence-electron chi connectivity index (χ3n) is 2.75. The molecular weight excluding hydrogens is 363 g/mol. The van der Waals surface area contributed by atoms with Crippen molar-refractivity contribution in [1.82, 2.24) is 0 Å². The van der Waals surface area contributed by atoms with Crippen molar-refractivity contribution in [1.29, 1.82) is 0 Å². The molecule has 3 N–H and O–H groups in total. The van der Waals surface area contributed by atoms with Crippen LogP contribution in [0.5, 0.6) is 0 Å². The van der Waals surface area contributed by atoms with Crippen molar-refractivity contribution in [2.45, 2.75) is 6.92 Å². The summed E-state index contributed by atoms with van der Waals surface area (Å²) in [5.74, 6) is -0.291. The molecular formula is C14H11BrCl2N2O. The fourth-order valence-corrected chi connectivity index (χ4v) is 2.65. The fraction of sp³-hybridized carbons (Fsp3) is 0.0714. The number of anilines is 2. The second-order valence-corrected chi connectivity index (χ2v) is 6.00. The van der Waals surface area contributed by atoms with Gasteiger partial charge in [-0.3, -0.25) is 4.79 Å². The molecule has 1 amide bonds. The van der Waals surface area contributed by atoms with Gasteiger partial charge in [-0.05, 0) is 42.8 Å². The van der Waals surface area contributed by atoms with E-state index in [4.69, 9.17) is 28.9 Å². The predicted octanol–water partition coefficient (Wildman–Crippen LogP) is 4.90. The van der Waals surface area contributed by atoms with Crippen molar-refractivity contribution in [3.8, 4) is 0 Å². The summed E-state index contributed by atoms with van der Waals surface area (Å²) >= 11 is 15.1. The average molecular weight is 374 g/mol. The van der Waals surface area contributed by atoms with Gasteiger partial charge >= 0.3 is 0 Å². The third kappa shape index (κ3) is 3.26. The first-order valence-electron chi connectivity index (χ1n) is 5.70. The standard InChI is InChI=1S/C14H11BrCl2N2O/c1-7-4-9(15)6-12(18)13(7)19-14(20)8-2-3-10(16)11(17)5-8/h2-6H,18H2,1H3,(H,19,20). The zero-order chi connectivity index (χ0) is 14.9. The number of benzene rings is 2. The maximum absolute atomic E-state index is 12.2. The Bertz CT molecular complexity index is 666. The second-order valence-electron chi connectivity index (χ2n) is 4.27. The molecule has 0 aromatic heterocycles. The van der Waals surface area contributed by atoms with Gasteiger partial charge in [0, 0.05) is 10.0 Å². The summed E-state index contributed by atoms with van der Waals surface area (Å²) in [7, 11) is 0. The molecule has 2 aromatic rings. The van der Waals surface area contributed by atoms with Gasteiger partial charge in [0.25, 0.3) is 5.91 Å². The third-order valence-corrected chi connectivity index (χ3v) is 3.95. The molecule has 0 radical (unpaired) electrons. The van der Waals surface area contributed by atoms with Gasteiger partial charge in [-0.25, -0.2) is 0 Å². The van der Waals surface area contributed by atoms with Crippen molar-refractivity contribution in [3.05, 3.63) is 56.0 Å². The molecule has 104 valence electrons.